The summed E-state index contributed by atoms with van der Waals surface area (Å²) >= 11 is 0. The van der Waals surface area contributed by atoms with E-state index in [0.717, 1.165) is 24.8 Å². The van der Waals surface area contributed by atoms with E-state index in [4.69, 9.17) is 10.8 Å². The maximum Gasteiger partial charge on any atom is 0.416 e. The number of aliphatic imine (C=N–C) groups is 2. The maximum absolute atomic E-state index is 13.4. The summed E-state index contributed by atoms with van der Waals surface area (Å²) < 4.78 is 39.0. The number of hydrogen-bond donors (Lipinski definition) is 2. The van der Waals surface area contributed by atoms with Crippen LogP contribution >= 0.6 is 0 Å². The van der Waals surface area contributed by atoms with Crippen molar-refractivity contribution in [3.63, 3.8) is 0 Å². The molecule has 0 radical (unpaired) electrons. The molecule has 1 unspecified atom stereocenters. The van der Waals surface area contributed by atoms with Crippen molar-refractivity contribution in [2.24, 2.45) is 21.7 Å². The first kappa shape index (κ1) is 31.1. The monoisotopic (exact) mass is 655 g/mol. The van der Waals surface area contributed by atoms with Crippen LogP contribution in [-0.2, 0) is 11.0 Å². The topological polar surface area (TPSA) is 133 Å². The highest BCUT2D eigenvalue weighted by Gasteiger charge is 2.48. The normalized spacial score (nSPS) is 23.5. The number of pyridine rings is 1. The maximum atomic E-state index is 13.4. The number of amidine groups is 1. The molecule has 7 rings (SSSR count). The van der Waals surface area contributed by atoms with Crippen LogP contribution in [0.4, 0.5) is 19.0 Å². The smallest absolute Gasteiger partial charge is 0.336 e. The number of anilines is 1. The van der Waals surface area contributed by atoms with E-state index in [9.17, 15) is 27.6 Å². The lowest BCUT2D eigenvalue weighted by Crippen LogP contribution is -2.60. The van der Waals surface area contributed by atoms with Gasteiger partial charge in [0.2, 0.25) is 11.6 Å². The van der Waals surface area contributed by atoms with Crippen LogP contribution in [0.3, 0.4) is 0 Å². The van der Waals surface area contributed by atoms with Crippen LogP contribution < -0.4 is 11.2 Å². The first-order chi connectivity index (χ1) is 23.0. The summed E-state index contributed by atoms with van der Waals surface area (Å²) in [6.07, 6.45) is 2.76. The molecular weight excluding hydrogens is 625 g/mol. The summed E-state index contributed by atoms with van der Waals surface area (Å²) in [5, 5.41) is 2.41. The van der Waals surface area contributed by atoms with Crippen molar-refractivity contribution in [1.82, 2.24) is 14.8 Å². The van der Waals surface area contributed by atoms with Gasteiger partial charge in [-0.3, -0.25) is 19.4 Å². The number of allylic oxidation sites excluding steroid dienone is 1. The molecule has 3 atom stereocenters. The highest BCUT2D eigenvalue weighted by atomic mass is 19.4. The average Bonchev–Trinajstić information content (AvgIpc) is 3.41. The Labute approximate surface area is 273 Å². The van der Waals surface area contributed by atoms with Crippen molar-refractivity contribution < 1.29 is 32.1 Å². The zero-order chi connectivity index (χ0) is 33.6. The van der Waals surface area contributed by atoms with E-state index < -0.39 is 17.6 Å². The van der Waals surface area contributed by atoms with Gasteiger partial charge in [-0.1, -0.05) is 18.2 Å². The minimum Gasteiger partial charge on any atom is -0.336 e. The molecule has 0 spiro atoms. The highest BCUT2D eigenvalue weighted by Crippen LogP contribution is 2.39. The van der Waals surface area contributed by atoms with Gasteiger partial charge in [0.25, 0.3) is 17.6 Å². The number of halogens is 3. The predicted octanol–water partition coefficient (Wildman–Crippen LogP) is 4.33. The fourth-order valence-corrected chi connectivity index (χ4v) is 6.58. The van der Waals surface area contributed by atoms with Crippen LogP contribution in [0.5, 0.6) is 0 Å². The van der Waals surface area contributed by atoms with Gasteiger partial charge < -0.3 is 15.1 Å². The first-order valence-electron chi connectivity index (χ1n) is 15.3. The summed E-state index contributed by atoms with van der Waals surface area (Å²) in [5.41, 5.74) is 1.83. The average molecular weight is 656 g/mol. The van der Waals surface area contributed by atoms with Crippen LogP contribution in [0.2, 0.25) is 0 Å². The summed E-state index contributed by atoms with van der Waals surface area (Å²) in [5.74, 6) is 6.15. The van der Waals surface area contributed by atoms with Gasteiger partial charge in [0.1, 0.15) is 24.3 Å². The molecule has 2 aromatic carbocycles. The summed E-state index contributed by atoms with van der Waals surface area (Å²) in [6.45, 7) is 0.881. The van der Waals surface area contributed by atoms with E-state index in [1.54, 1.807) is 59.9 Å². The van der Waals surface area contributed by atoms with Gasteiger partial charge in [-0.25, -0.2) is 4.98 Å². The van der Waals surface area contributed by atoms with Crippen LogP contribution in [-0.4, -0.2) is 74.8 Å². The molecule has 244 valence electrons. The molecule has 5 heterocycles. The Hall–Kier alpha value is -5.47. The summed E-state index contributed by atoms with van der Waals surface area (Å²) in [7, 11) is 0. The molecule has 4 aliphatic rings. The Morgan fingerprint density at radius 2 is 1.75 bits per heavy atom. The van der Waals surface area contributed by atoms with E-state index in [1.807, 2.05) is 11.0 Å². The molecule has 1 aromatic heterocycles. The SMILES string of the molecule is N[N+]12C=CN=CC1=C([C@@H]1CC[C@H]3CN(C(=O)c4ccccc4)CC(=O)N3C1)N=C2c1ccc(C(=O)Nc2cc(C(F)(F)F)ccn2)cc1. The third-order valence-electron chi connectivity index (χ3n) is 9.04. The lowest BCUT2D eigenvalue weighted by molar-refractivity contribution is -0.750. The number of nitrogens with zero attached hydrogens (tertiary/aromatic N) is 6. The number of carbonyl (C=O) groups is 3. The van der Waals surface area contributed by atoms with Crippen molar-refractivity contribution in [2.45, 2.75) is 25.1 Å². The molecule has 2 saturated heterocycles. The number of piperidine rings is 1. The number of nitrogens with two attached hydrogens (primary N) is 1. The lowest BCUT2D eigenvalue weighted by Gasteiger charge is -2.45. The van der Waals surface area contributed by atoms with Crippen LogP contribution in [0, 0.1) is 5.92 Å². The molecule has 0 aliphatic carbocycles. The molecule has 11 nitrogen and oxygen atoms in total. The zero-order valence-electron chi connectivity index (χ0n) is 25.5. The molecule has 0 saturated carbocycles. The number of alkyl halides is 3. The van der Waals surface area contributed by atoms with Crippen LogP contribution in [0.1, 0.15) is 44.7 Å². The van der Waals surface area contributed by atoms with Gasteiger partial charge in [-0.2, -0.15) is 24.0 Å². The molecule has 3 N–H and O–H groups in total. The minimum absolute atomic E-state index is 0.00219. The lowest BCUT2D eigenvalue weighted by atomic mass is 9.88. The van der Waals surface area contributed by atoms with Gasteiger partial charge in [-0.05, 0) is 61.4 Å². The predicted molar refractivity (Wildman–Crippen MR) is 170 cm³/mol. The number of carbonyl (C=O) groups excluding carboxylic acids is 3. The van der Waals surface area contributed by atoms with Crippen molar-refractivity contribution in [2.75, 3.05) is 25.0 Å². The van der Waals surface area contributed by atoms with Crippen LogP contribution in [0.15, 0.2) is 107 Å². The van der Waals surface area contributed by atoms with Crippen LogP contribution in [0.25, 0.3) is 0 Å². The Balaban J connectivity index is 1.08. The number of amides is 3. The van der Waals surface area contributed by atoms with E-state index >= 15 is 0 Å². The number of quaternary nitrogens is 1. The third-order valence-corrected chi connectivity index (χ3v) is 9.04. The highest BCUT2D eigenvalue weighted by molar-refractivity contribution is 6.05. The molecule has 2 fully saturated rings. The standard InChI is InChI=1S/C34H29F3N8O3/c35-34(36,37)25-12-13-40-28(16-25)41-32(47)22-8-6-21(7-9-22)31-42-30(27-17-39-14-15-45(27,31)38)24-10-11-26-19-43(20-29(46)44(26)18-24)33(48)23-4-2-1-3-5-23/h1-9,12-17,24,26H,10-11,18-20,38H2/p+1/t24-,26+,45?/m1/s1. The second kappa shape index (κ2) is 12.0. The second-order valence-corrected chi connectivity index (χ2v) is 12.0. The van der Waals surface area contributed by atoms with Gasteiger partial charge in [0.05, 0.1) is 23.5 Å². The van der Waals surface area contributed by atoms with Gasteiger partial charge in [0.15, 0.2) is 0 Å². The second-order valence-electron chi connectivity index (χ2n) is 12.0. The van der Waals surface area contributed by atoms with Gasteiger partial charge >= 0.3 is 6.18 Å². The molecule has 4 aliphatic heterocycles. The number of rotatable bonds is 5. The fraction of sp³-hybridized carbons (Fsp3) is 0.235. The number of aromatic nitrogens is 1. The summed E-state index contributed by atoms with van der Waals surface area (Å²) in [4.78, 5) is 55.9. The van der Waals surface area contributed by atoms with E-state index in [-0.39, 0.29) is 46.3 Å². The number of benzene rings is 2. The molecule has 14 heteroatoms. The molecule has 3 aromatic rings. The fourth-order valence-electron chi connectivity index (χ4n) is 6.58. The van der Waals surface area contributed by atoms with Gasteiger partial charge in [0, 0.05) is 42.4 Å². The van der Waals surface area contributed by atoms with Crippen molar-refractivity contribution in [1.29, 1.82) is 0 Å². The first-order valence-corrected chi connectivity index (χ1v) is 15.3. The quantitative estimate of drug-likeness (QED) is 0.312. The largest absolute Gasteiger partial charge is 0.416 e. The van der Waals surface area contributed by atoms with E-state index in [1.165, 1.54) is 12.1 Å². The molecule has 0 bridgehead atoms. The number of piperazine rings is 1. The Kier molecular flexibility index (Phi) is 7.76. The van der Waals surface area contributed by atoms with Crippen molar-refractivity contribution in [3.05, 3.63) is 119 Å². The van der Waals surface area contributed by atoms with E-state index in [2.05, 4.69) is 15.3 Å². The zero-order valence-corrected chi connectivity index (χ0v) is 25.5. The molecule has 48 heavy (non-hydrogen) atoms. The Morgan fingerprint density at radius 1 is 0.979 bits per heavy atom. The van der Waals surface area contributed by atoms with Crippen molar-refractivity contribution in [3.8, 4) is 0 Å². The molecular formula is C34H30F3N8O3+. The van der Waals surface area contributed by atoms with E-state index in [0.29, 0.717) is 47.9 Å². The Morgan fingerprint density at radius 3 is 2.50 bits per heavy atom. The number of fused-ring (bicyclic) bond motifs is 2. The number of hydrogen-bond acceptors (Lipinski definition) is 7. The Bertz CT molecular complexity index is 1920. The minimum atomic E-state index is -4.57. The number of nitrogens with one attached hydrogen (secondary N) is 1. The third kappa shape index (κ3) is 5.69. The van der Waals surface area contributed by atoms with Gasteiger partial charge in [-0.15, -0.1) is 4.59 Å². The van der Waals surface area contributed by atoms with Crippen molar-refractivity contribution >= 4 is 35.6 Å². The molecule has 3 amide bonds. The summed E-state index contributed by atoms with van der Waals surface area (Å²) in [6, 6.07) is 16.8.